The molecule has 3 rings (SSSR count). The molecule has 0 aliphatic carbocycles. The van der Waals surface area contributed by atoms with Crippen molar-refractivity contribution in [1.82, 2.24) is 10.3 Å². The van der Waals surface area contributed by atoms with Crippen LogP contribution in [0.25, 0.3) is 4.85 Å². The summed E-state index contributed by atoms with van der Waals surface area (Å²) in [5, 5.41) is 2.64. The Kier molecular flexibility index (Phi) is 5.06. The Hall–Kier alpha value is -3.40. The van der Waals surface area contributed by atoms with Gasteiger partial charge in [-0.15, -0.1) is 0 Å². The number of hydrogen-bond acceptors (Lipinski definition) is 4. The van der Waals surface area contributed by atoms with Crippen molar-refractivity contribution in [3.05, 3.63) is 53.4 Å². The van der Waals surface area contributed by atoms with Crippen LogP contribution in [0.5, 0.6) is 11.6 Å². The Morgan fingerprint density at radius 1 is 1.25 bits per heavy atom. The number of rotatable bonds is 4. The van der Waals surface area contributed by atoms with Crippen LogP contribution in [0.4, 0.5) is 16.3 Å². The summed E-state index contributed by atoms with van der Waals surface area (Å²) in [7, 11) is 0. The summed E-state index contributed by atoms with van der Waals surface area (Å²) in [6, 6.07) is 9.14. The number of pyridine rings is 1. The van der Waals surface area contributed by atoms with Gasteiger partial charge in [0.1, 0.15) is 17.6 Å². The summed E-state index contributed by atoms with van der Waals surface area (Å²) in [6.07, 6.45) is 0.514. The molecule has 2 aromatic rings. The van der Waals surface area contributed by atoms with E-state index in [2.05, 4.69) is 15.1 Å². The van der Waals surface area contributed by atoms with Crippen molar-refractivity contribution in [1.29, 1.82) is 0 Å². The number of carbonyl (C=O) groups excluding carboxylic acids is 2. The van der Waals surface area contributed by atoms with Gasteiger partial charge in [0, 0.05) is 6.07 Å². The maximum Gasteiger partial charge on any atom is 0.330 e. The molecule has 0 unspecified atom stereocenters. The minimum absolute atomic E-state index is 0.214. The first-order valence-electron chi connectivity index (χ1n) is 9.06. The first kappa shape index (κ1) is 19.4. The van der Waals surface area contributed by atoms with E-state index in [0.717, 1.165) is 10.5 Å². The highest BCUT2D eigenvalue weighted by Gasteiger charge is 2.38. The number of aromatic nitrogens is 1. The van der Waals surface area contributed by atoms with E-state index >= 15 is 0 Å². The first-order valence-corrected chi connectivity index (χ1v) is 9.06. The Balaban J connectivity index is 1.94. The van der Waals surface area contributed by atoms with Gasteiger partial charge in [-0.1, -0.05) is 39.8 Å². The lowest BCUT2D eigenvalue weighted by Crippen LogP contribution is -2.31. The number of amides is 3. The summed E-state index contributed by atoms with van der Waals surface area (Å²) in [4.78, 5) is 33.4. The molecule has 1 aromatic heterocycles. The number of hydrogen-bond donors (Lipinski definition) is 1. The number of ether oxygens (including phenoxy) is 1. The summed E-state index contributed by atoms with van der Waals surface area (Å²) in [6.45, 7) is 15.2. The minimum atomic E-state index is -0.535. The highest BCUT2D eigenvalue weighted by Crippen LogP contribution is 2.36. The van der Waals surface area contributed by atoms with Crippen LogP contribution in [0.2, 0.25) is 0 Å². The van der Waals surface area contributed by atoms with Crippen molar-refractivity contribution >= 4 is 23.4 Å². The Bertz CT molecular complexity index is 972. The van der Waals surface area contributed by atoms with E-state index in [1.165, 1.54) is 0 Å². The molecule has 1 aromatic carbocycles. The Labute approximate surface area is 164 Å². The largest absolute Gasteiger partial charge is 0.439 e. The molecule has 28 heavy (non-hydrogen) atoms. The zero-order chi connectivity index (χ0) is 20.5. The molecule has 3 amide bonds. The lowest BCUT2D eigenvalue weighted by Gasteiger charge is -2.23. The van der Waals surface area contributed by atoms with Gasteiger partial charge in [-0.2, -0.15) is 4.98 Å². The van der Waals surface area contributed by atoms with Crippen LogP contribution in [-0.4, -0.2) is 23.0 Å². The average molecular weight is 378 g/mol. The number of imide groups is 1. The van der Waals surface area contributed by atoms with Crippen LogP contribution in [-0.2, 0) is 10.2 Å². The van der Waals surface area contributed by atoms with Gasteiger partial charge in [-0.25, -0.2) is 14.5 Å². The molecule has 144 valence electrons. The van der Waals surface area contributed by atoms with Crippen molar-refractivity contribution in [3.8, 4) is 11.6 Å². The third-order valence-corrected chi connectivity index (χ3v) is 4.48. The van der Waals surface area contributed by atoms with Crippen LogP contribution in [0.3, 0.4) is 0 Å². The molecule has 7 nitrogen and oxygen atoms in total. The van der Waals surface area contributed by atoms with E-state index in [9.17, 15) is 9.59 Å². The zero-order valence-electron chi connectivity index (χ0n) is 16.3. The second-order valence-electron chi connectivity index (χ2n) is 7.56. The summed E-state index contributed by atoms with van der Waals surface area (Å²) in [5.41, 5.74) is 1.16. The fourth-order valence-electron chi connectivity index (χ4n) is 2.99. The number of benzene rings is 1. The van der Waals surface area contributed by atoms with E-state index < -0.39 is 12.1 Å². The highest BCUT2D eigenvalue weighted by molar-refractivity contribution is 6.20. The second kappa shape index (κ2) is 7.31. The van der Waals surface area contributed by atoms with Crippen LogP contribution in [0, 0.1) is 6.57 Å². The fourth-order valence-corrected chi connectivity index (χ4v) is 2.99. The van der Waals surface area contributed by atoms with E-state index in [4.69, 9.17) is 11.3 Å². The number of urea groups is 1. The van der Waals surface area contributed by atoms with Crippen LogP contribution in [0.15, 0.2) is 36.4 Å². The maximum atomic E-state index is 12.4. The Morgan fingerprint density at radius 3 is 2.61 bits per heavy atom. The van der Waals surface area contributed by atoms with Gasteiger partial charge < -0.3 is 10.1 Å². The van der Waals surface area contributed by atoms with Gasteiger partial charge in [0.15, 0.2) is 5.69 Å². The molecular formula is C21H22N4O3. The Morgan fingerprint density at radius 2 is 2.00 bits per heavy atom. The predicted molar refractivity (Wildman–Crippen MR) is 106 cm³/mol. The van der Waals surface area contributed by atoms with Crippen LogP contribution < -0.4 is 15.0 Å². The normalized spacial score (nSPS) is 16.7. The summed E-state index contributed by atoms with van der Waals surface area (Å²) < 4.78 is 5.98. The van der Waals surface area contributed by atoms with E-state index in [1.807, 2.05) is 27.7 Å². The third kappa shape index (κ3) is 3.67. The molecule has 2 heterocycles. The number of nitrogens with zero attached hydrogens (tertiary/aromatic N) is 3. The molecular weight excluding hydrogens is 356 g/mol. The van der Waals surface area contributed by atoms with Crippen LogP contribution >= 0.6 is 0 Å². The third-order valence-electron chi connectivity index (χ3n) is 4.48. The molecule has 1 aliphatic heterocycles. The van der Waals surface area contributed by atoms with Gasteiger partial charge in [-0.3, -0.25) is 4.79 Å². The number of nitrogens with one attached hydrogen (secondary N) is 1. The van der Waals surface area contributed by atoms with Crippen molar-refractivity contribution in [2.45, 2.75) is 45.6 Å². The molecule has 0 saturated carbocycles. The average Bonchev–Trinajstić information content (AvgIpc) is 2.95. The highest BCUT2D eigenvalue weighted by atomic mass is 16.5. The van der Waals surface area contributed by atoms with Crippen LogP contribution in [0.1, 0.15) is 39.7 Å². The zero-order valence-corrected chi connectivity index (χ0v) is 16.3. The number of carbonyl (C=O) groups is 2. The quantitative estimate of drug-likeness (QED) is 0.625. The lowest BCUT2D eigenvalue weighted by molar-refractivity contribution is -0.118. The van der Waals surface area contributed by atoms with Gasteiger partial charge in [0.2, 0.25) is 5.88 Å². The topological polar surface area (TPSA) is 75.9 Å². The van der Waals surface area contributed by atoms with Crippen molar-refractivity contribution in [2.24, 2.45) is 0 Å². The number of anilines is 1. The predicted octanol–water partition coefficient (Wildman–Crippen LogP) is 4.56. The maximum absolute atomic E-state index is 12.4. The minimum Gasteiger partial charge on any atom is -0.439 e. The monoisotopic (exact) mass is 378 g/mol. The molecule has 0 radical (unpaired) electrons. The summed E-state index contributed by atoms with van der Waals surface area (Å²) in [5.74, 6) is 0.729. The van der Waals surface area contributed by atoms with Crippen molar-refractivity contribution < 1.29 is 14.3 Å². The second-order valence-corrected chi connectivity index (χ2v) is 7.56. The van der Waals surface area contributed by atoms with E-state index in [-0.39, 0.29) is 23.0 Å². The standard InChI is InChI=1S/C21H22N4O3/c1-6-15-19(26)25(20(27)23-15)17-8-7-9-18(24-17)28-16-11-10-13(22-5)12-14(16)21(2,3)4/h7-12,15H,6H2,1-4H3,(H,23,27)/t15-/m1/s1. The van der Waals surface area contributed by atoms with Gasteiger partial charge in [0.25, 0.3) is 5.91 Å². The van der Waals surface area contributed by atoms with Gasteiger partial charge in [-0.05, 0) is 35.6 Å². The molecule has 7 heteroatoms. The molecule has 1 saturated heterocycles. The molecule has 1 atom stereocenters. The smallest absolute Gasteiger partial charge is 0.330 e. The molecule has 1 N–H and O–H groups in total. The van der Waals surface area contributed by atoms with Gasteiger partial charge in [0.05, 0.1) is 6.57 Å². The SMILES string of the molecule is [C-]#[N+]c1ccc(Oc2cccc(N3C(=O)N[C@H](CC)C3=O)n2)c(C(C)(C)C)c1. The van der Waals surface area contributed by atoms with Gasteiger partial charge >= 0.3 is 6.03 Å². The molecule has 0 spiro atoms. The molecule has 1 aliphatic rings. The lowest BCUT2D eigenvalue weighted by atomic mass is 9.86. The van der Waals surface area contributed by atoms with Crippen molar-refractivity contribution in [2.75, 3.05) is 4.90 Å². The molecule has 0 bridgehead atoms. The first-order chi connectivity index (χ1) is 13.2. The van der Waals surface area contributed by atoms with E-state index in [1.54, 1.807) is 36.4 Å². The fraction of sp³-hybridized carbons (Fsp3) is 0.333. The summed E-state index contributed by atoms with van der Waals surface area (Å²) >= 11 is 0. The van der Waals surface area contributed by atoms with E-state index in [0.29, 0.717) is 17.9 Å². The molecule has 1 fully saturated rings. The van der Waals surface area contributed by atoms with Crippen molar-refractivity contribution in [3.63, 3.8) is 0 Å².